The molecule has 0 saturated heterocycles. The summed E-state index contributed by atoms with van der Waals surface area (Å²) in [6, 6.07) is 0. The number of allylic oxidation sites excluding steroid dienone is 6. The quantitative estimate of drug-likeness (QED) is 0.791. The van der Waals surface area contributed by atoms with Crippen LogP contribution in [0.25, 0.3) is 0 Å². The van der Waals surface area contributed by atoms with Crippen molar-refractivity contribution in [2.24, 2.45) is 11.8 Å². The summed E-state index contributed by atoms with van der Waals surface area (Å²) in [5, 5.41) is 9.55. The lowest BCUT2D eigenvalue weighted by molar-refractivity contribution is -0.111. The van der Waals surface area contributed by atoms with E-state index in [0.717, 1.165) is 12.0 Å². The van der Waals surface area contributed by atoms with Crippen LogP contribution in [0.4, 0.5) is 0 Å². The monoisotopic (exact) mass is 230 g/mol. The Morgan fingerprint density at radius 2 is 1.94 bits per heavy atom. The van der Waals surface area contributed by atoms with Gasteiger partial charge in [-0.3, -0.25) is 4.79 Å². The van der Waals surface area contributed by atoms with Gasteiger partial charge in [-0.2, -0.15) is 0 Å². The Bertz CT molecular complexity index is 438. The van der Waals surface area contributed by atoms with E-state index in [4.69, 9.17) is 0 Å². The maximum Gasteiger partial charge on any atom is 0.192 e. The largest absolute Gasteiger partial charge is 0.388 e. The summed E-state index contributed by atoms with van der Waals surface area (Å²) in [5.41, 5.74) is 1.45. The van der Waals surface area contributed by atoms with E-state index < -0.39 is 6.10 Å². The van der Waals surface area contributed by atoms with Crippen LogP contribution in [-0.4, -0.2) is 17.0 Å². The Kier molecular flexibility index (Phi) is 3.43. The van der Waals surface area contributed by atoms with Crippen molar-refractivity contribution in [1.82, 2.24) is 0 Å². The maximum absolute atomic E-state index is 12.2. The van der Waals surface area contributed by atoms with E-state index in [9.17, 15) is 9.90 Å². The number of hydrogen-bond acceptors (Lipinski definition) is 2. The van der Waals surface area contributed by atoms with Crippen molar-refractivity contribution >= 4 is 5.78 Å². The van der Waals surface area contributed by atoms with Gasteiger partial charge in [-0.25, -0.2) is 0 Å². The molecule has 0 aliphatic heterocycles. The third-order valence-electron chi connectivity index (χ3n) is 3.29. The average molecular weight is 230 g/mol. The summed E-state index contributed by atoms with van der Waals surface area (Å²) in [4.78, 5) is 12.2. The minimum absolute atomic E-state index is 0.00560. The van der Waals surface area contributed by atoms with Gasteiger partial charge in [-0.05, 0) is 12.3 Å². The summed E-state index contributed by atoms with van der Waals surface area (Å²) in [5.74, 6) is 0.581. The average Bonchev–Trinajstić information content (AvgIpc) is 2.33. The van der Waals surface area contributed by atoms with E-state index in [1.54, 1.807) is 12.2 Å². The maximum atomic E-state index is 12.2. The van der Waals surface area contributed by atoms with Gasteiger partial charge >= 0.3 is 0 Å². The van der Waals surface area contributed by atoms with Gasteiger partial charge in [0.2, 0.25) is 0 Å². The van der Waals surface area contributed by atoms with E-state index >= 15 is 0 Å². The highest BCUT2D eigenvalue weighted by atomic mass is 16.3. The first-order valence-electron chi connectivity index (χ1n) is 6.09. The molecular weight excluding hydrogens is 212 g/mol. The van der Waals surface area contributed by atoms with Gasteiger partial charge in [0.05, 0.1) is 6.10 Å². The van der Waals surface area contributed by atoms with Crippen LogP contribution in [0.1, 0.15) is 20.3 Å². The summed E-state index contributed by atoms with van der Waals surface area (Å²) >= 11 is 0. The number of carbonyl (C=O) groups excluding carboxylic acids is 1. The molecule has 1 N–H and O–H groups in total. The molecule has 0 bridgehead atoms. The second-order valence-corrected chi connectivity index (χ2v) is 4.89. The second-order valence-electron chi connectivity index (χ2n) is 4.89. The lowest BCUT2D eigenvalue weighted by Crippen LogP contribution is -2.19. The number of aliphatic hydroxyl groups excluding tert-OH is 1. The molecule has 17 heavy (non-hydrogen) atoms. The van der Waals surface area contributed by atoms with E-state index in [1.807, 2.05) is 25.2 Å². The molecule has 0 spiro atoms. The van der Waals surface area contributed by atoms with Gasteiger partial charge in [0.15, 0.2) is 5.78 Å². The number of aliphatic hydroxyl groups is 1. The summed E-state index contributed by atoms with van der Waals surface area (Å²) < 4.78 is 0. The van der Waals surface area contributed by atoms with E-state index in [2.05, 4.69) is 13.0 Å². The van der Waals surface area contributed by atoms with Gasteiger partial charge in [0.1, 0.15) is 0 Å². The van der Waals surface area contributed by atoms with Crippen LogP contribution in [-0.2, 0) is 4.79 Å². The van der Waals surface area contributed by atoms with Crippen LogP contribution in [0, 0.1) is 11.8 Å². The molecule has 0 fully saturated rings. The highest BCUT2D eigenvalue weighted by Gasteiger charge is 2.20. The standard InChI is InChI=1S/C15H18O2/c1-10-3-5-12(6-4-10)15(17)13-7-8-14(16)11(2)9-13/h3,5-11,14,16H,4H2,1-2H3. The van der Waals surface area contributed by atoms with E-state index in [1.165, 1.54) is 0 Å². The zero-order chi connectivity index (χ0) is 12.4. The molecule has 90 valence electrons. The van der Waals surface area contributed by atoms with Crippen molar-refractivity contribution in [2.75, 3.05) is 0 Å². The fourth-order valence-electron chi connectivity index (χ4n) is 2.03. The Hall–Kier alpha value is -1.41. The molecule has 2 nitrogen and oxygen atoms in total. The van der Waals surface area contributed by atoms with Crippen molar-refractivity contribution in [3.05, 3.63) is 47.6 Å². The van der Waals surface area contributed by atoms with Crippen molar-refractivity contribution in [3.8, 4) is 0 Å². The summed E-state index contributed by atoms with van der Waals surface area (Å²) in [7, 11) is 0. The van der Waals surface area contributed by atoms with Crippen molar-refractivity contribution < 1.29 is 9.90 Å². The predicted octanol–water partition coefficient (Wildman–Crippen LogP) is 2.57. The lowest BCUT2D eigenvalue weighted by Gasteiger charge is -2.18. The normalized spacial score (nSPS) is 32.1. The highest BCUT2D eigenvalue weighted by molar-refractivity contribution is 6.12. The molecule has 2 aliphatic carbocycles. The van der Waals surface area contributed by atoms with E-state index in [-0.39, 0.29) is 11.7 Å². The SMILES string of the molecule is CC1C=CC(C(=O)C2=CC(C)C(O)C=C2)=CC1. The first-order chi connectivity index (χ1) is 8.08. The Morgan fingerprint density at radius 3 is 2.53 bits per heavy atom. The molecular formula is C15H18O2. The summed E-state index contributed by atoms with van der Waals surface area (Å²) in [6.45, 7) is 4.04. The zero-order valence-corrected chi connectivity index (χ0v) is 10.3. The molecule has 3 atom stereocenters. The molecule has 0 radical (unpaired) electrons. The van der Waals surface area contributed by atoms with Crippen molar-refractivity contribution in [2.45, 2.75) is 26.4 Å². The van der Waals surface area contributed by atoms with Gasteiger partial charge < -0.3 is 5.11 Å². The Morgan fingerprint density at radius 1 is 1.24 bits per heavy atom. The molecule has 0 saturated carbocycles. The first kappa shape index (κ1) is 12.1. The molecule has 0 heterocycles. The van der Waals surface area contributed by atoms with Gasteiger partial charge in [0, 0.05) is 17.1 Å². The van der Waals surface area contributed by atoms with Crippen molar-refractivity contribution in [1.29, 1.82) is 0 Å². The van der Waals surface area contributed by atoms with Gasteiger partial charge in [-0.15, -0.1) is 0 Å². The number of ketones is 1. The van der Waals surface area contributed by atoms with Crippen LogP contribution in [0.3, 0.4) is 0 Å². The van der Waals surface area contributed by atoms with Crippen LogP contribution in [0.5, 0.6) is 0 Å². The van der Waals surface area contributed by atoms with Crippen LogP contribution >= 0.6 is 0 Å². The predicted molar refractivity (Wildman–Crippen MR) is 68.4 cm³/mol. The molecule has 2 rings (SSSR count). The van der Waals surface area contributed by atoms with Gasteiger partial charge in [0.25, 0.3) is 0 Å². The molecule has 0 aromatic carbocycles. The number of rotatable bonds is 2. The lowest BCUT2D eigenvalue weighted by atomic mass is 9.88. The first-order valence-corrected chi connectivity index (χ1v) is 6.09. The van der Waals surface area contributed by atoms with Crippen LogP contribution in [0.15, 0.2) is 47.6 Å². The molecule has 2 heteroatoms. The molecule has 3 unspecified atom stereocenters. The molecule has 0 aromatic rings. The zero-order valence-electron chi connectivity index (χ0n) is 10.3. The molecule has 0 aromatic heterocycles. The number of carbonyl (C=O) groups is 1. The minimum atomic E-state index is -0.470. The topological polar surface area (TPSA) is 37.3 Å². The Balaban J connectivity index is 2.15. The molecule has 2 aliphatic rings. The second kappa shape index (κ2) is 4.84. The van der Waals surface area contributed by atoms with Crippen LogP contribution < -0.4 is 0 Å². The number of hydrogen-bond donors (Lipinski definition) is 1. The third kappa shape index (κ3) is 2.64. The van der Waals surface area contributed by atoms with Crippen molar-refractivity contribution in [3.63, 3.8) is 0 Å². The fraction of sp³-hybridized carbons (Fsp3) is 0.400. The molecule has 0 amide bonds. The van der Waals surface area contributed by atoms with Gasteiger partial charge in [-0.1, -0.05) is 50.3 Å². The Labute approximate surface area is 102 Å². The highest BCUT2D eigenvalue weighted by Crippen LogP contribution is 2.23. The number of Topliss-reactive ketones (excluding diaryl/α,β-unsaturated/α-hetero) is 1. The fourth-order valence-corrected chi connectivity index (χ4v) is 2.03. The van der Waals surface area contributed by atoms with E-state index in [0.29, 0.717) is 11.5 Å². The smallest absolute Gasteiger partial charge is 0.192 e. The third-order valence-corrected chi connectivity index (χ3v) is 3.29. The van der Waals surface area contributed by atoms with Crippen LogP contribution in [0.2, 0.25) is 0 Å². The minimum Gasteiger partial charge on any atom is -0.388 e. The summed E-state index contributed by atoms with van der Waals surface area (Å²) in [6.07, 6.45) is 11.7.